The van der Waals surface area contributed by atoms with Crippen LogP contribution in [-0.4, -0.2) is 19.0 Å². The van der Waals surface area contributed by atoms with Crippen molar-refractivity contribution in [2.24, 2.45) is 23.7 Å². The summed E-state index contributed by atoms with van der Waals surface area (Å²) in [5, 5.41) is 3.46. The monoisotopic (exact) mass is 310 g/mol. The normalized spacial score (nSPS) is 41.7. The number of hydrogen-bond acceptors (Lipinski definition) is 2. The van der Waals surface area contributed by atoms with Gasteiger partial charge in [-0.25, -0.2) is 0 Å². The highest BCUT2D eigenvalue weighted by Crippen LogP contribution is 2.58. The fourth-order valence-electron chi connectivity index (χ4n) is 5.30. The molecule has 1 aliphatic heterocycles. The lowest BCUT2D eigenvalue weighted by Crippen LogP contribution is -2.55. The molecule has 116 valence electrons. The van der Waals surface area contributed by atoms with Crippen LogP contribution in [0, 0.1) is 23.7 Å². The third kappa shape index (κ3) is 1.91. The Morgan fingerprint density at radius 3 is 1.77 bits per heavy atom. The van der Waals surface area contributed by atoms with Gasteiger partial charge in [-0.05, 0) is 36.1 Å². The predicted molar refractivity (Wildman–Crippen MR) is 95.3 cm³/mol. The van der Waals surface area contributed by atoms with Crippen LogP contribution in [0.4, 0.5) is 0 Å². The lowest BCUT2D eigenvalue weighted by atomic mass is 9.83. The molecule has 4 unspecified atom stereocenters. The second kappa shape index (κ2) is 5.02. The third-order valence-corrected chi connectivity index (χ3v) is 10.5. The lowest BCUT2D eigenvalue weighted by molar-refractivity contribution is 0.405. The molecule has 4 rings (SSSR count). The van der Waals surface area contributed by atoms with E-state index in [1.165, 1.54) is 0 Å². The van der Waals surface area contributed by atoms with Gasteiger partial charge >= 0.3 is 0 Å². The molecule has 0 bridgehead atoms. The second-order valence-electron chi connectivity index (χ2n) is 7.59. The number of allylic oxidation sites excluding steroid dienone is 8. The molecule has 0 aromatic rings. The molecule has 0 amide bonds. The first-order chi connectivity index (χ1) is 10.6. The SMILES string of the molecule is C[C@H]1NC=CN1[Si](C)(C)C1C2C=CC=CC2C2C=CC=CC21. The number of nitrogens with zero attached hydrogens (tertiary/aromatic N) is 1. The molecule has 0 radical (unpaired) electrons. The Labute approximate surface area is 135 Å². The predicted octanol–water partition coefficient (Wildman–Crippen LogP) is 4.01. The minimum absolute atomic E-state index is 0.436. The largest absolute Gasteiger partial charge is 0.384 e. The molecule has 0 aromatic heterocycles. The molecule has 2 nitrogen and oxygen atoms in total. The summed E-state index contributed by atoms with van der Waals surface area (Å²) in [6.07, 6.45) is 23.8. The zero-order valence-electron chi connectivity index (χ0n) is 13.7. The molecule has 1 heterocycles. The van der Waals surface area contributed by atoms with Gasteiger partial charge in [-0.15, -0.1) is 0 Å². The van der Waals surface area contributed by atoms with E-state index in [1.54, 1.807) is 0 Å². The number of hydrogen-bond donors (Lipinski definition) is 1. The molecular weight excluding hydrogens is 284 g/mol. The maximum absolute atomic E-state index is 3.46. The molecule has 0 aromatic carbocycles. The minimum Gasteiger partial charge on any atom is -0.384 e. The van der Waals surface area contributed by atoms with Crippen molar-refractivity contribution in [3.05, 3.63) is 61.0 Å². The molecule has 0 spiro atoms. The Morgan fingerprint density at radius 2 is 1.32 bits per heavy atom. The Hall–Kier alpha value is -1.48. The van der Waals surface area contributed by atoms with Gasteiger partial charge in [-0.1, -0.05) is 61.7 Å². The van der Waals surface area contributed by atoms with Crippen molar-refractivity contribution in [3.63, 3.8) is 0 Å². The number of rotatable bonds is 2. The van der Waals surface area contributed by atoms with Crippen LogP contribution >= 0.6 is 0 Å². The van der Waals surface area contributed by atoms with Gasteiger partial charge in [0.1, 0.15) is 0 Å². The number of nitrogens with one attached hydrogen (secondary N) is 1. The third-order valence-electron chi connectivity index (χ3n) is 6.19. The van der Waals surface area contributed by atoms with E-state index in [9.17, 15) is 0 Å². The summed E-state index contributed by atoms with van der Waals surface area (Å²) in [5.74, 6) is 2.75. The van der Waals surface area contributed by atoms with Gasteiger partial charge in [-0.2, -0.15) is 0 Å². The summed E-state index contributed by atoms with van der Waals surface area (Å²) in [4.78, 5) is 0. The first-order valence-electron chi connectivity index (χ1n) is 8.52. The van der Waals surface area contributed by atoms with Crippen LogP contribution in [0.2, 0.25) is 18.6 Å². The van der Waals surface area contributed by atoms with Crippen LogP contribution in [0.3, 0.4) is 0 Å². The van der Waals surface area contributed by atoms with Gasteiger partial charge in [0.2, 0.25) is 0 Å². The van der Waals surface area contributed by atoms with Crippen molar-refractivity contribution in [1.29, 1.82) is 0 Å². The van der Waals surface area contributed by atoms with E-state index in [1.807, 2.05) is 0 Å². The van der Waals surface area contributed by atoms with Gasteiger partial charge in [0.15, 0.2) is 8.24 Å². The standard InChI is InChI=1S/C19H26N2Si/c1-14-20-12-13-21(14)22(2,3)19-17-10-6-4-8-15(17)16-9-5-7-11-18(16)19/h4-20H,1-3H3/t14-,15?,16?,17?,18?,19?/m0/s1. The van der Waals surface area contributed by atoms with Gasteiger partial charge in [-0.3, -0.25) is 0 Å². The van der Waals surface area contributed by atoms with E-state index in [0.29, 0.717) is 29.8 Å². The first-order valence-corrected chi connectivity index (χ1v) is 11.5. The van der Waals surface area contributed by atoms with E-state index in [4.69, 9.17) is 0 Å². The topological polar surface area (TPSA) is 15.3 Å². The summed E-state index contributed by atoms with van der Waals surface area (Å²) < 4.78 is 2.65. The van der Waals surface area contributed by atoms with Crippen molar-refractivity contribution >= 4 is 8.24 Å². The maximum atomic E-state index is 3.46. The van der Waals surface area contributed by atoms with Crippen LogP contribution in [-0.2, 0) is 0 Å². The highest BCUT2D eigenvalue weighted by Gasteiger charge is 2.55. The van der Waals surface area contributed by atoms with E-state index >= 15 is 0 Å². The first kappa shape index (κ1) is 14.1. The molecule has 5 atom stereocenters. The maximum Gasteiger partial charge on any atom is 0.156 e. The van der Waals surface area contributed by atoms with E-state index in [0.717, 1.165) is 5.54 Å². The molecule has 22 heavy (non-hydrogen) atoms. The molecule has 1 fully saturated rings. The van der Waals surface area contributed by atoms with Crippen molar-refractivity contribution in [2.75, 3.05) is 0 Å². The molecule has 1 saturated carbocycles. The van der Waals surface area contributed by atoms with Gasteiger partial charge < -0.3 is 9.88 Å². The Balaban J connectivity index is 1.74. The fourth-order valence-corrected chi connectivity index (χ4v) is 9.73. The van der Waals surface area contributed by atoms with Crippen LogP contribution in [0.5, 0.6) is 0 Å². The Bertz CT molecular complexity index is 565. The molecular formula is C19H26N2Si. The summed E-state index contributed by atoms with van der Waals surface area (Å²) in [7, 11) is -1.60. The molecule has 0 saturated heterocycles. The van der Waals surface area contributed by atoms with Crippen LogP contribution in [0.1, 0.15) is 6.92 Å². The highest BCUT2D eigenvalue weighted by atomic mass is 28.3. The average Bonchev–Trinajstić information content (AvgIpc) is 3.09. The minimum atomic E-state index is -1.60. The summed E-state index contributed by atoms with van der Waals surface area (Å²) in [6.45, 7) is 7.40. The van der Waals surface area contributed by atoms with Gasteiger partial charge in [0.05, 0.1) is 6.17 Å². The summed E-state index contributed by atoms with van der Waals surface area (Å²) in [6, 6.07) is 0. The Morgan fingerprint density at radius 1 is 0.818 bits per heavy atom. The second-order valence-corrected chi connectivity index (χ2v) is 12.1. The smallest absolute Gasteiger partial charge is 0.156 e. The Kier molecular flexibility index (Phi) is 3.22. The quantitative estimate of drug-likeness (QED) is 0.775. The average molecular weight is 311 g/mol. The van der Waals surface area contributed by atoms with Crippen LogP contribution < -0.4 is 5.32 Å². The van der Waals surface area contributed by atoms with E-state index in [-0.39, 0.29) is 0 Å². The zero-order valence-corrected chi connectivity index (χ0v) is 14.7. The lowest BCUT2D eigenvalue weighted by Gasteiger charge is -2.45. The van der Waals surface area contributed by atoms with E-state index < -0.39 is 8.24 Å². The molecule has 4 aliphatic rings. The van der Waals surface area contributed by atoms with Crippen molar-refractivity contribution < 1.29 is 0 Å². The van der Waals surface area contributed by atoms with E-state index in [2.05, 4.69) is 90.9 Å². The van der Waals surface area contributed by atoms with Gasteiger partial charge in [0.25, 0.3) is 0 Å². The molecule has 1 N–H and O–H groups in total. The molecule has 3 aliphatic carbocycles. The fraction of sp³-hybridized carbons (Fsp3) is 0.474. The van der Waals surface area contributed by atoms with Crippen LogP contribution in [0.15, 0.2) is 61.0 Å². The van der Waals surface area contributed by atoms with Crippen molar-refractivity contribution in [1.82, 2.24) is 9.88 Å². The summed E-state index contributed by atoms with van der Waals surface area (Å²) >= 11 is 0. The molecule has 3 heteroatoms. The van der Waals surface area contributed by atoms with Crippen LogP contribution in [0.25, 0.3) is 0 Å². The summed E-state index contributed by atoms with van der Waals surface area (Å²) in [5.41, 5.74) is 0.761. The zero-order chi connectivity index (χ0) is 15.3. The van der Waals surface area contributed by atoms with Crippen molar-refractivity contribution in [3.8, 4) is 0 Å². The number of fused-ring (bicyclic) bond motifs is 3. The highest BCUT2D eigenvalue weighted by molar-refractivity contribution is 6.76. The van der Waals surface area contributed by atoms with Crippen molar-refractivity contribution in [2.45, 2.75) is 31.7 Å². The van der Waals surface area contributed by atoms with Gasteiger partial charge in [0, 0.05) is 12.4 Å².